The van der Waals surface area contributed by atoms with Crippen molar-refractivity contribution in [3.8, 4) is 0 Å². The summed E-state index contributed by atoms with van der Waals surface area (Å²) in [6.45, 7) is 2.25. The molecule has 0 radical (unpaired) electrons. The average Bonchev–Trinajstić information content (AvgIpc) is 3.13. The Bertz CT molecular complexity index is 898. The van der Waals surface area contributed by atoms with E-state index in [2.05, 4.69) is 5.32 Å². The molecule has 2 aromatic carbocycles. The summed E-state index contributed by atoms with van der Waals surface area (Å²) in [5.41, 5.74) is 1.38. The van der Waals surface area contributed by atoms with E-state index < -0.39 is 11.4 Å². The van der Waals surface area contributed by atoms with Gasteiger partial charge in [0.1, 0.15) is 0 Å². The fourth-order valence-electron chi connectivity index (χ4n) is 3.31. The van der Waals surface area contributed by atoms with Crippen LogP contribution < -0.4 is 10.2 Å². The van der Waals surface area contributed by atoms with E-state index in [1.54, 1.807) is 43.1 Å². The Balaban J connectivity index is 1.56. The van der Waals surface area contributed by atoms with E-state index in [9.17, 15) is 19.5 Å². The molecule has 1 aliphatic heterocycles. The quantitative estimate of drug-likeness (QED) is 0.813. The summed E-state index contributed by atoms with van der Waals surface area (Å²) in [6, 6.07) is 16.2. The zero-order valence-electron chi connectivity index (χ0n) is 16.6. The van der Waals surface area contributed by atoms with Crippen LogP contribution in [0.15, 0.2) is 54.6 Å². The van der Waals surface area contributed by atoms with Crippen molar-refractivity contribution in [3.05, 3.63) is 60.2 Å². The van der Waals surface area contributed by atoms with Crippen LogP contribution in [0.2, 0.25) is 0 Å². The van der Waals surface area contributed by atoms with Crippen LogP contribution in [0.5, 0.6) is 0 Å². The van der Waals surface area contributed by atoms with Crippen LogP contribution in [0.25, 0.3) is 0 Å². The minimum atomic E-state index is -0.896. The maximum Gasteiger partial charge on any atom is 0.321 e. The zero-order valence-corrected chi connectivity index (χ0v) is 16.6. The molecule has 3 amide bonds. The fraction of sp³-hybridized carbons (Fsp3) is 0.318. The summed E-state index contributed by atoms with van der Waals surface area (Å²) in [6.07, 6.45) is 0.689. The van der Waals surface area contributed by atoms with Gasteiger partial charge in [0.25, 0.3) is 0 Å². The molecule has 0 aromatic heterocycles. The molecule has 1 saturated heterocycles. The lowest BCUT2D eigenvalue weighted by atomic mass is 9.90. The van der Waals surface area contributed by atoms with Gasteiger partial charge in [0.15, 0.2) is 0 Å². The number of carbonyl (C=O) groups is 3. The summed E-state index contributed by atoms with van der Waals surface area (Å²) >= 11 is 0. The molecular weight excluding hydrogens is 370 g/mol. The van der Waals surface area contributed by atoms with Crippen molar-refractivity contribution in [2.75, 3.05) is 30.4 Å². The van der Waals surface area contributed by atoms with Gasteiger partial charge in [-0.3, -0.25) is 9.59 Å². The van der Waals surface area contributed by atoms with Crippen molar-refractivity contribution in [2.24, 2.45) is 5.41 Å². The van der Waals surface area contributed by atoms with Crippen LogP contribution in [0, 0.1) is 5.41 Å². The number of rotatable bonds is 5. The van der Waals surface area contributed by atoms with Gasteiger partial charge < -0.3 is 20.2 Å². The third-order valence-electron chi connectivity index (χ3n) is 5.36. The number of urea groups is 1. The van der Waals surface area contributed by atoms with Gasteiger partial charge in [0.05, 0.1) is 11.8 Å². The second-order valence-electron chi connectivity index (χ2n) is 7.63. The van der Waals surface area contributed by atoms with E-state index >= 15 is 0 Å². The van der Waals surface area contributed by atoms with Gasteiger partial charge in [-0.05, 0) is 43.2 Å². The lowest BCUT2D eigenvalue weighted by Crippen LogP contribution is -2.37. The molecule has 1 fully saturated rings. The predicted molar refractivity (Wildman–Crippen MR) is 111 cm³/mol. The summed E-state index contributed by atoms with van der Waals surface area (Å²) < 4.78 is 0. The minimum absolute atomic E-state index is 0.0296. The lowest BCUT2D eigenvalue weighted by Gasteiger charge is -2.20. The van der Waals surface area contributed by atoms with Crippen molar-refractivity contribution in [1.82, 2.24) is 4.90 Å². The smallest absolute Gasteiger partial charge is 0.321 e. The number of likely N-dealkylation sites (N-methyl/N-ethyl adjacent to an activating group) is 1. The average molecular weight is 395 g/mol. The van der Waals surface area contributed by atoms with Crippen LogP contribution in [-0.4, -0.2) is 48.1 Å². The molecule has 2 N–H and O–H groups in total. The molecule has 7 heteroatoms. The normalized spacial score (nSPS) is 18.3. The number of aliphatic carboxylic acids is 1. The molecule has 29 heavy (non-hydrogen) atoms. The summed E-state index contributed by atoms with van der Waals surface area (Å²) in [5.74, 6) is -0.916. The van der Waals surface area contributed by atoms with Crippen LogP contribution in [0.1, 0.15) is 18.9 Å². The van der Waals surface area contributed by atoms with Gasteiger partial charge in [-0.1, -0.05) is 30.3 Å². The first kappa shape index (κ1) is 20.4. The van der Waals surface area contributed by atoms with Gasteiger partial charge in [0.2, 0.25) is 5.91 Å². The maximum absolute atomic E-state index is 12.5. The molecule has 0 saturated carbocycles. The van der Waals surface area contributed by atoms with Crippen molar-refractivity contribution in [2.45, 2.75) is 19.8 Å². The van der Waals surface area contributed by atoms with Crippen LogP contribution >= 0.6 is 0 Å². The molecular formula is C22H25N3O4. The van der Waals surface area contributed by atoms with Crippen LogP contribution in [-0.2, 0) is 16.0 Å². The fourth-order valence-corrected chi connectivity index (χ4v) is 3.31. The topological polar surface area (TPSA) is 90.0 Å². The van der Waals surface area contributed by atoms with Crippen molar-refractivity contribution < 1.29 is 19.5 Å². The molecule has 1 heterocycles. The molecule has 0 aliphatic carbocycles. The Hall–Kier alpha value is -3.35. The molecule has 1 atom stereocenters. The van der Waals surface area contributed by atoms with Gasteiger partial charge in [0, 0.05) is 31.5 Å². The summed E-state index contributed by atoms with van der Waals surface area (Å²) in [5, 5.41) is 12.1. The second-order valence-corrected chi connectivity index (χ2v) is 7.63. The number of nitrogens with one attached hydrogen (secondary N) is 1. The zero-order chi connectivity index (χ0) is 21.0. The highest BCUT2D eigenvalue weighted by atomic mass is 16.4. The maximum atomic E-state index is 12.5. The van der Waals surface area contributed by atoms with Crippen LogP contribution in [0.4, 0.5) is 16.2 Å². The molecule has 1 unspecified atom stereocenters. The number of carboxylic acid groups (broad SMARTS) is 1. The highest BCUT2D eigenvalue weighted by molar-refractivity contribution is 5.94. The van der Waals surface area contributed by atoms with Gasteiger partial charge in [-0.15, -0.1) is 0 Å². The molecule has 7 nitrogen and oxygen atoms in total. The summed E-state index contributed by atoms with van der Waals surface area (Å²) in [7, 11) is 1.74. The van der Waals surface area contributed by atoms with Gasteiger partial charge in [-0.25, -0.2) is 4.79 Å². The number of hydrogen-bond donors (Lipinski definition) is 2. The molecule has 1 aliphatic rings. The second kappa shape index (κ2) is 8.34. The van der Waals surface area contributed by atoms with Crippen LogP contribution in [0.3, 0.4) is 0 Å². The number of amides is 3. The Morgan fingerprint density at radius 2 is 1.76 bits per heavy atom. The van der Waals surface area contributed by atoms with Crippen molar-refractivity contribution in [1.29, 1.82) is 0 Å². The van der Waals surface area contributed by atoms with Gasteiger partial charge >= 0.3 is 12.0 Å². The van der Waals surface area contributed by atoms with Crippen molar-refractivity contribution >= 4 is 29.3 Å². The van der Waals surface area contributed by atoms with Gasteiger partial charge in [-0.2, -0.15) is 0 Å². The standard InChI is InChI=1S/C22H25N3O4/c1-22(20(27)28)12-13-25(15-22)21(29)23-17-10-8-16(9-11-17)14-19(26)24(2)18-6-4-3-5-7-18/h3-11H,12-15H2,1-2H3,(H,23,29)(H,27,28). The Kier molecular flexibility index (Phi) is 5.87. The monoisotopic (exact) mass is 395 g/mol. The first-order chi connectivity index (χ1) is 13.8. The first-order valence-corrected chi connectivity index (χ1v) is 9.48. The number of carboxylic acids is 1. The highest BCUT2D eigenvalue weighted by Gasteiger charge is 2.42. The number of nitrogens with zero attached hydrogens (tertiary/aromatic N) is 2. The third-order valence-corrected chi connectivity index (χ3v) is 5.36. The molecule has 152 valence electrons. The number of benzene rings is 2. The van der Waals surface area contributed by atoms with E-state index in [-0.39, 0.29) is 24.9 Å². The molecule has 0 spiro atoms. The SMILES string of the molecule is CN(C(=O)Cc1ccc(NC(=O)N2CCC(C)(C(=O)O)C2)cc1)c1ccccc1. The van der Waals surface area contributed by atoms with E-state index in [4.69, 9.17) is 0 Å². The third kappa shape index (κ3) is 4.74. The Morgan fingerprint density at radius 3 is 2.34 bits per heavy atom. The number of anilines is 2. The minimum Gasteiger partial charge on any atom is -0.481 e. The largest absolute Gasteiger partial charge is 0.481 e. The van der Waals surface area contributed by atoms with E-state index in [1.807, 2.05) is 30.3 Å². The number of likely N-dealkylation sites (tertiary alicyclic amines) is 1. The lowest BCUT2D eigenvalue weighted by molar-refractivity contribution is -0.147. The Labute approximate surface area is 169 Å². The van der Waals surface area contributed by atoms with E-state index in [0.29, 0.717) is 18.7 Å². The summed E-state index contributed by atoms with van der Waals surface area (Å²) in [4.78, 5) is 39.3. The van der Waals surface area contributed by atoms with E-state index in [1.165, 1.54) is 4.90 Å². The predicted octanol–water partition coefficient (Wildman–Crippen LogP) is 3.22. The first-order valence-electron chi connectivity index (χ1n) is 9.48. The number of hydrogen-bond acceptors (Lipinski definition) is 3. The van der Waals surface area contributed by atoms with Crippen molar-refractivity contribution in [3.63, 3.8) is 0 Å². The molecule has 0 bridgehead atoms. The molecule has 3 rings (SSSR count). The number of para-hydroxylation sites is 1. The highest BCUT2D eigenvalue weighted by Crippen LogP contribution is 2.30. The molecule has 2 aromatic rings. The Morgan fingerprint density at radius 1 is 1.10 bits per heavy atom. The number of carbonyl (C=O) groups excluding carboxylic acids is 2. The van der Waals surface area contributed by atoms with E-state index in [0.717, 1.165) is 11.3 Å².